The maximum absolute atomic E-state index is 12.8. The Kier molecular flexibility index (Phi) is 6.82. The topological polar surface area (TPSA) is 89.4 Å². The Labute approximate surface area is 183 Å². The monoisotopic (exact) mass is 441 g/mol. The van der Waals surface area contributed by atoms with Gasteiger partial charge in [0.2, 0.25) is 10.0 Å². The average Bonchev–Trinajstić information content (AvgIpc) is 3.07. The van der Waals surface area contributed by atoms with Gasteiger partial charge in [0.1, 0.15) is 5.75 Å². The van der Waals surface area contributed by atoms with Crippen molar-refractivity contribution in [2.45, 2.75) is 26.1 Å². The molecule has 0 spiro atoms. The number of hydrogen-bond acceptors (Lipinski definition) is 4. The molecule has 0 saturated heterocycles. The fraction of sp³-hybridized carbons (Fsp3) is 0.261. The summed E-state index contributed by atoms with van der Waals surface area (Å²) in [4.78, 5) is 12.8. The zero-order valence-corrected chi connectivity index (χ0v) is 18.9. The van der Waals surface area contributed by atoms with Crippen molar-refractivity contribution in [1.29, 1.82) is 0 Å². The number of aryl methyl sites for hydroxylation is 1. The van der Waals surface area contributed by atoms with Crippen molar-refractivity contribution in [1.82, 2.24) is 14.6 Å². The van der Waals surface area contributed by atoms with E-state index in [2.05, 4.69) is 10.0 Å². The van der Waals surface area contributed by atoms with Crippen LogP contribution in [0.5, 0.6) is 5.75 Å². The molecule has 0 radical (unpaired) electrons. The smallest absolute Gasteiger partial charge is 0.253 e. The van der Waals surface area contributed by atoms with E-state index >= 15 is 0 Å². The zero-order chi connectivity index (χ0) is 22.6. The van der Waals surface area contributed by atoms with Crippen LogP contribution in [-0.4, -0.2) is 33.0 Å². The summed E-state index contributed by atoms with van der Waals surface area (Å²) in [6, 6.07) is 16.7. The Morgan fingerprint density at radius 1 is 1.00 bits per heavy atom. The molecule has 1 heterocycles. The summed E-state index contributed by atoms with van der Waals surface area (Å²) in [6.45, 7) is 4.24. The molecule has 0 bridgehead atoms. The van der Waals surface area contributed by atoms with Gasteiger partial charge in [-0.25, -0.2) is 13.1 Å². The van der Waals surface area contributed by atoms with Crippen molar-refractivity contribution in [3.05, 3.63) is 82.7 Å². The first-order chi connectivity index (χ1) is 14.7. The summed E-state index contributed by atoms with van der Waals surface area (Å²) in [7, 11) is -0.290. The number of carbonyl (C=O) groups is 1. The molecule has 2 aromatic carbocycles. The van der Waals surface area contributed by atoms with Gasteiger partial charge in [-0.2, -0.15) is 0 Å². The van der Waals surface area contributed by atoms with Gasteiger partial charge in [-0.05, 0) is 62.4 Å². The van der Waals surface area contributed by atoms with Crippen molar-refractivity contribution in [2.75, 3.05) is 14.2 Å². The number of rotatable bonds is 8. The molecule has 0 aliphatic rings. The van der Waals surface area contributed by atoms with E-state index < -0.39 is 10.0 Å². The van der Waals surface area contributed by atoms with E-state index in [-0.39, 0.29) is 11.7 Å². The molecule has 0 unspecified atom stereocenters. The SMILES string of the molecule is CNS(=O)(=O)Cc1ccc(CNC(=O)c2cc(C)n(-c3ccc(OC)cc3)c2C)cc1. The number of sulfonamides is 1. The number of carbonyl (C=O) groups excluding carboxylic acids is 1. The highest BCUT2D eigenvalue weighted by Gasteiger charge is 2.17. The van der Waals surface area contributed by atoms with E-state index in [1.807, 2.05) is 60.9 Å². The Balaban J connectivity index is 1.70. The summed E-state index contributed by atoms with van der Waals surface area (Å²) in [5.74, 6) is 0.543. The summed E-state index contributed by atoms with van der Waals surface area (Å²) < 4.78 is 32.8. The van der Waals surface area contributed by atoms with E-state index in [0.29, 0.717) is 17.7 Å². The van der Waals surface area contributed by atoms with Gasteiger partial charge in [-0.3, -0.25) is 4.79 Å². The third-order valence-electron chi connectivity index (χ3n) is 5.15. The summed E-state index contributed by atoms with van der Waals surface area (Å²) in [6.07, 6.45) is 0. The second-order valence-corrected chi connectivity index (χ2v) is 9.21. The van der Waals surface area contributed by atoms with Crippen LogP contribution in [-0.2, 0) is 22.3 Å². The lowest BCUT2D eigenvalue weighted by Crippen LogP contribution is -2.23. The molecule has 0 atom stereocenters. The number of hydrogen-bond donors (Lipinski definition) is 2. The molecule has 164 valence electrons. The summed E-state index contributed by atoms with van der Waals surface area (Å²) in [5.41, 5.74) is 4.97. The Morgan fingerprint density at radius 2 is 1.61 bits per heavy atom. The van der Waals surface area contributed by atoms with E-state index in [1.54, 1.807) is 19.2 Å². The molecule has 8 heteroatoms. The molecular weight excluding hydrogens is 414 g/mol. The van der Waals surface area contributed by atoms with E-state index in [1.165, 1.54) is 7.05 Å². The molecule has 0 aliphatic heterocycles. The maximum Gasteiger partial charge on any atom is 0.253 e. The van der Waals surface area contributed by atoms with Crippen LogP contribution < -0.4 is 14.8 Å². The lowest BCUT2D eigenvalue weighted by molar-refractivity contribution is 0.0950. The Morgan fingerprint density at radius 3 is 2.19 bits per heavy atom. The molecule has 0 fully saturated rings. The highest BCUT2D eigenvalue weighted by molar-refractivity contribution is 7.88. The molecule has 2 N–H and O–H groups in total. The van der Waals surface area contributed by atoms with Gasteiger partial charge in [0.05, 0.1) is 18.4 Å². The van der Waals surface area contributed by atoms with E-state index in [0.717, 1.165) is 28.4 Å². The normalized spacial score (nSPS) is 11.4. The van der Waals surface area contributed by atoms with E-state index in [4.69, 9.17) is 4.74 Å². The van der Waals surface area contributed by atoms with Gasteiger partial charge in [0.25, 0.3) is 5.91 Å². The predicted molar refractivity (Wildman–Crippen MR) is 121 cm³/mol. The number of benzene rings is 2. The van der Waals surface area contributed by atoms with Crippen LogP contribution in [0.15, 0.2) is 54.6 Å². The van der Waals surface area contributed by atoms with Gasteiger partial charge in [0.15, 0.2) is 0 Å². The van der Waals surface area contributed by atoms with Crippen LogP contribution in [0, 0.1) is 13.8 Å². The van der Waals surface area contributed by atoms with Gasteiger partial charge >= 0.3 is 0 Å². The summed E-state index contributed by atoms with van der Waals surface area (Å²) >= 11 is 0. The minimum absolute atomic E-state index is 0.0759. The first-order valence-corrected chi connectivity index (χ1v) is 11.5. The molecule has 3 aromatic rings. The first kappa shape index (κ1) is 22.6. The summed E-state index contributed by atoms with van der Waals surface area (Å²) in [5, 5.41) is 2.94. The maximum atomic E-state index is 12.8. The minimum Gasteiger partial charge on any atom is -0.497 e. The number of aromatic nitrogens is 1. The first-order valence-electron chi connectivity index (χ1n) is 9.84. The van der Waals surface area contributed by atoms with Crippen LogP contribution in [0.2, 0.25) is 0 Å². The highest BCUT2D eigenvalue weighted by Crippen LogP contribution is 2.23. The number of ether oxygens (including phenoxy) is 1. The van der Waals surface area contributed by atoms with Crippen molar-refractivity contribution in [3.63, 3.8) is 0 Å². The highest BCUT2D eigenvalue weighted by atomic mass is 32.2. The zero-order valence-electron chi connectivity index (χ0n) is 18.1. The Hall–Kier alpha value is -3.10. The molecule has 31 heavy (non-hydrogen) atoms. The molecular formula is C23H27N3O4S. The number of amides is 1. The van der Waals surface area contributed by atoms with Crippen molar-refractivity contribution < 1.29 is 17.9 Å². The number of methoxy groups -OCH3 is 1. The van der Waals surface area contributed by atoms with Crippen molar-refractivity contribution in [2.24, 2.45) is 0 Å². The molecule has 7 nitrogen and oxygen atoms in total. The lowest BCUT2D eigenvalue weighted by atomic mass is 10.1. The van der Waals surface area contributed by atoms with Crippen LogP contribution in [0.3, 0.4) is 0 Å². The quantitative estimate of drug-likeness (QED) is 0.562. The Bertz CT molecular complexity index is 1160. The number of nitrogens with zero attached hydrogens (tertiary/aromatic N) is 1. The number of nitrogens with one attached hydrogen (secondary N) is 2. The average molecular weight is 442 g/mol. The molecule has 3 rings (SSSR count). The molecule has 1 aromatic heterocycles. The van der Waals surface area contributed by atoms with Gasteiger partial charge in [0, 0.05) is 23.6 Å². The minimum atomic E-state index is -3.31. The van der Waals surface area contributed by atoms with Gasteiger partial charge in [-0.1, -0.05) is 24.3 Å². The van der Waals surface area contributed by atoms with Crippen molar-refractivity contribution in [3.8, 4) is 11.4 Å². The van der Waals surface area contributed by atoms with Crippen LogP contribution in [0.1, 0.15) is 32.9 Å². The van der Waals surface area contributed by atoms with Crippen molar-refractivity contribution >= 4 is 15.9 Å². The molecule has 1 amide bonds. The third-order valence-corrected chi connectivity index (χ3v) is 6.49. The fourth-order valence-electron chi connectivity index (χ4n) is 3.44. The van der Waals surface area contributed by atoms with Crippen LogP contribution in [0.25, 0.3) is 5.69 Å². The lowest BCUT2D eigenvalue weighted by Gasteiger charge is -2.11. The van der Waals surface area contributed by atoms with E-state index in [9.17, 15) is 13.2 Å². The van der Waals surface area contributed by atoms with Gasteiger partial charge < -0.3 is 14.6 Å². The predicted octanol–water partition coefficient (Wildman–Crippen LogP) is 3.08. The standard InChI is InChI=1S/C23H27N3O4S/c1-16-13-22(17(2)26(16)20-9-11-21(30-4)12-10-20)23(27)25-14-18-5-7-19(8-6-18)15-31(28,29)24-3/h5-13,24H,14-15H2,1-4H3,(H,25,27). The second-order valence-electron chi connectivity index (χ2n) is 7.28. The second kappa shape index (κ2) is 9.36. The van der Waals surface area contributed by atoms with Crippen LogP contribution >= 0.6 is 0 Å². The molecule has 0 saturated carbocycles. The fourth-order valence-corrected chi connectivity index (χ4v) is 4.22. The van der Waals surface area contributed by atoms with Gasteiger partial charge in [-0.15, -0.1) is 0 Å². The third kappa shape index (κ3) is 5.34. The largest absolute Gasteiger partial charge is 0.497 e. The molecule has 0 aliphatic carbocycles. The van der Waals surface area contributed by atoms with Crippen LogP contribution in [0.4, 0.5) is 0 Å².